The van der Waals surface area contributed by atoms with Crippen LogP contribution in [0.2, 0.25) is 0 Å². The number of nitrogens with zero attached hydrogens (tertiary/aromatic N) is 2. The van der Waals surface area contributed by atoms with Crippen molar-refractivity contribution in [1.29, 1.82) is 0 Å². The van der Waals surface area contributed by atoms with Gasteiger partial charge >= 0.3 is 0 Å². The van der Waals surface area contributed by atoms with Crippen LogP contribution in [0.15, 0.2) is 42.0 Å². The zero-order valence-corrected chi connectivity index (χ0v) is 10.2. The number of anilines is 1. The minimum absolute atomic E-state index is 0.126. The van der Waals surface area contributed by atoms with Gasteiger partial charge in [-0.2, -0.15) is 0 Å². The van der Waals surface area contributed by atoms with Gasteiger partial charge in [-0.05, 0) is 23.6 Å². The molecule has 4 nitrogen and oxygen atoms in total. The first kappa shape index (κ1) is 11.8. The van der Waals surface area contributed by atoms with Gasteiger partial charge < -0.3 is 10.6 Å². The molecular weight excluding hydrogens is 234 g/mol. The maximum Gasteiger partial charge on any atom is 0.249 e. The van der Waals surface area contributed by atoms with Crippen molar-refractivity contribution in [3.63, 3.8) is 0 Å². The molecule has 2 aromatic rings. The summed E-state index contributed by atoms with van der Waals surface area (Å²) in [6.07, 6.45) is 3.30. The van der Waals surface area contributed by atoms with E-state index in [2.05, 4.69) is 4.98 Å². The summed E-state index contributed by atoms with van der Waals surface area (Å²) < 4.78 is 0. The number of pyridine rings is 1. The van der Waals surface area contributed by atoms with Crippen LogP contribution in [0.4, 0.5) is 5.69 Å². The van der Waals surface area contributed by atoms with Crippen LogP contribution in [-0.2, 0) is 4.79 Å². The average molecular weight is 247 g/mol. The van der Waals surface area contributed by atoms with Crippen molar-refractivity contribution in [2.75, 3.05) is 11.9 Å². The van der Waals surface area contributed by atoms with Crippen molar-refractivity contribution < 1.29 is 4.79 Å². The Hall–Kier alpha value is -1.72. The Morgan fingerprint density at radius 3 is 2.71 bits per heavy atom. The normalized spacial score (nSPS) is 12.1. The third-order valence-electron chi connectivity index (χ3n) is 2.50. The van der Waals surface area contributed by atoms with Crippen LogP contribution in [0.25, 0.3) is 0 Å². The van der Waals surface area contributed by atoms with E-state index in [-0.39, 0.29) is 5.91 Å². The Labute approximate surface area is 104 Å². The van der Waals surface area contributed by atoms with E-state index in [1.807, 2.05) is 17.5 Å². The van der Waals surface area contributed by atoms with E-state index < -0.39 is 6.04 Å². The molecule has 2 aromatic heterocycles. The molecule has 2 rings (SSSR count). The fourth-order valence-corrected chi connectivity index (χ4v) is 2.21. The summed E-state index contributed by atoms with van der Waals surface area (Å²) in [6.45, 7) is 0. The SMILES string of the molecule is CN(C(=O)C(N)c1cccs1)c1ccncc1. The number of thiophene rings is 1. The molecule has 0 saturated carbocycles. The van der Waals surface area contributed by atoms with Gasteiger partial charge in [-0.1, -0.05) is 6.07 Å². The quantitative estimate of drug-likeness (QED) is 0.899. The molecule has 17 heavy (non-hydrogen) atoms. The van der Waals surface area contributed by atoms with Gasteiger partial charge in [0.05, 0.1) is 0 Å². The molecule has 2 heterocycles. The van der Waals surface area contributed by atoms with Crippen molar-refractivity contribution in [3.8, 4) is 0 Å². The van der Waals surface area contributed by atoms with E-state index >= 15 is 0 Å². The molecule has 5 heteroatoms. The predicted molar refractivity (Wildman–Crippen MR) is 68.9 cm³/mol. The maximum absolute atomic E-state index is 12.1. The second-order valence-electron chi connectivity index (χ2n) is 3.60. The van der Waals surface area contributed by atoms with Gasteiger partial charge in [-0.15, -0.1) is 11.3 Å². The molecule has 0 aliphatic heterocycles. The number of carbonyl (C=O) groups excluding carboxylic acids is 1. The minimum Gasteiger partial charge on any atom is -0.316 e. The lowest BCUT2D eigenvalue weighted by Gasteiger charge is -2.20. The number of amides is 1. The number of hydrogen-bond acceptors (Lipinski definition) is 4. The molecule has 0 spiro atoms. The first-order valence-corrected chi connectivity index (χ1v) is 6.04. The zero-order chi connectivity index (χ0) is 12.3. The highest BCUT2D eigenvalue weighted by atomic mass is 32.1. The van der Waals surface area contributed by atoms with E-state index in [1.165, 1.54) is 11.3 Å². The summed E-state index contributed by atoms with van der Waals surface area (Å²) in [5.41, 5.74) is 6.71. The van der Waals surface area contributed by atoms with Crippen LogP contribution in [0.1, 0.15) is 10.9 Å². The van der Waals surface area contributed by atoms with Crippen LogP contribution >= 0.6 is 11.3 Å². The molecule has 0 aliphatic carbocycles. The summed E-state index contributed by atoms with van der Waals surface area (Å²) in [4.78, 5) is 18.5. The Balaban J connectivity index is 2.16. The van der Waals surface area contributed by atoms with Crippen LogP contribution in [-0.4, -0.2) is 17.9 Å². The van der Waals surface area contributed by atoms with Gasteiger partial charge in [0.15, 0.2) is 0 Å². The Bertz CT molecular complexity index is 484. The van der Waals surface area contributed by atoms with E-state index in [0.29, 0.717) is 0 Å². The molecule has 0 fully saturated rings. The number of rotatable bonds is 3. The Morgan fingerprint density at radius 1 is 1.41 bits per heavy atom. The van der Waals surface area contributed by atoms with Crippen molar-refractivity contribution >= 4 is 22.9 Å². The van der Waals surface area contributed by atoms with E-state index in [4.69, 9.17) is 5.73 Å². The van der Waals surface area contributed by atoms with Gasteiger partial charge in [0.1, 0.15) is 6.04 Å². The van der Waals surface area contributed by atoms with Crippen LogP contribution in [0.5, 0.6) is 0 Å². The first-order valence-electron chi connectivity index (χ1n) is 5.16. The van der Waals surface area contributed by atoms with Crippen LogP contribution in [0.3, 0.4) is 0 Å². The van der Waals surface area contributed by atoms with Gasteiger partial charge in [-0.25, -0.2) is 0 Å². The summed E-state index contributed by atoms with van der Waals surface area (Å²) in [5, 5.41) is 1.91. The van der Waals surface area contributed by atoms with Crippen molar-refractivity contribution in [2.45, 2.75) is 6.04 Å². The molecular formula is C12H13N3OS. The summed E-state index contributed by atoms with van der Waals surface area (Å²) in [7, 11) is 1.71. The van der Waals surface area contributed by atoms with Crippen molar-refractivity contribution in [2.24, 2.45) is 5.73 Å². The number of likely N-dealkylation sites (N-methyl/N-ethyl adjacent to an activating group) is 1. The molecule has 0 bridgehead atoms. The molecule has 1 unspecified atom stereocenters. The number of carbonyl (C=O) groups is 1. The highest BCUT2D eigenvalue weighted by Gasteiger charge is 2.21. The molecule has 0 aliphatic rings. The fraction of sp³-hybridized carbons (Fsp3) is 0.167. The summed E-state index contributed by atoms with van der Waals surface area (Å²) in [5.74, 6) is -0.126. The average Bonchev–Trinajstić information content (AvgIpc) is 2.91. The third-order valence-corrected chi connectivity index (χ3v) is 3.45. The number of nitrogens with two attached hydrogens (primary N) is 1. The smallest absolute Gasteiger partial charge is 0.249 e. The monoisotopic (exact) mass is 247 g/mol. The molecule has 0 saturated heterocycles. The highest BCUT2D eigenvalue weighted by molar-refractivity contribution is 7.10. The van der Waals surface area contributed by atoms with Gasteiger partial charge in [-0.3, -0.25) is 9.78 Å². The van der Waals surface area contributed by atoms with E-state index in [0.717, 1.165) is 10.6 Å². The second kappa shape index (κ2) is 5.07. The summed E-state index contributed by atoms with van der Waals surface area (Å²) >= 11 is 1.49. The molecule has 2 N–H and O–H groups in total. The fourth-order valence-electron chi connectivity index (χ4n) is 1.49. The molecule has 1 atom stereocenters. The maximum atomic E-state index is 12.1. The highest BCUT2D eigenvalue weighted by Crippen LogP contribution is 2.21. The van der Waals surface area contributed by atoms with Crippen LogP contribution < -0.4 is 10.6 Å². The summed E-state index contributed by atoms with van der Waals surface area (Å²) in [6, 6.07) is 6.71. The van der Waals surface area contributed by atoms with Gasteiger partial charge in [0, 0.05) is 30.0 Å². The number of aromatic nitrogens is 1. The lowest BCUT2D eigenvalue weighted by molar-refractivity contribution is -0.119. The van der Waals surface area contributed by atoms with Crippen molar-refractivity contribution in [3.05, 3.63) is 46.9 Å². The molecule has 88 valence electrons. The topological polar surface area (TPSA) is 59.2 Å². The number of hydrogen-bond donors (Lipinski definition) is 1. The molecule has 1 amide bonds. The van der Waals surface area contributed by atoms with Gasteiger partial charge in [0.25, 0.3) is 0 Å². The molecule has 0 radical (unpaired) electrons. The lowest BCUT2D eigenvalue weighted by atomic mass is 10.2. The predicted octanol–water partition coefficient (Wildman–Crippen LogP) is 1.81. The Morgan fingerprint density at radius 2 is 2.12 bits per heavy atom. The Kier molecular flexibility index (Phi) is 3.51. The van der Waals surface area contributed by atoms with Gasteiger partial charge in [0.2, 0.25) is 5.91 Å². The molecule has 0 aromatic carbocycles. The van der Waals surface area contributed by atoms with Crippen LogP contribution in [0, 0.1) is 0 Å². The first-order chi connectivity index (χ1) is 8.20. The largest absolute Gasteiger partial charge is 0.316 e. The lowest BCUT2D eigenvalue weighted by Crippen LogP contribution is -2.35. The standard InChI is InChI=1S/C12H13N3OS/c1-15(9-4-6-14-7-5-9)12(16)11(13)10-3-2-8-17-10/h2-8,11H,13H2,1H3. The van der Waals surface area contributed by atoms with Crippen molar-refractivity contribution in [1.82, 2.24) is 4.98 Å². The second-order valence-corrected chi connectivity index (χ2v) is 4.58. The third kappa shape index (κ3) is 2.51. The zero-order valence-electron chi connectivity index (χ0n) is 9.41. The minimum atomic E-state index is -0.604. The van der Waals surface area contributed by atoms with E-state index in [1.54, 1.807) is 36.5 Å². The van der Waals surface area contributed by atoms with E-state index in [9.17, 15) is 4.79 Å².